The summed E-state index contributed by atoms with van der Waals surface area (Å²) in [5, 5.41) is 8.62. The summed E-state index contributed by atoms with van der Waals surface area (Å²) in [6.45, 7) is 0.463. The lowest BCUT2D eigenvalue weighted by atomic mass is 10.0. The van der Waals surface area contributed by atoms with Gasteiger partial charge in [0.05, 0.1) is 0 Å². The number of benzene rings is 1. The highest BCUT2D eigenvalue weighted by molar-refractivity contribution is 5.96. The highest BCUT2D eigenvalue weighted by Crippen LogP contribution is 2.36. The number of hydrogen-bond donors (Lipinski definition) is 1. The van der Waals surface area contributed by atoms with E-state index in [9.17, 15) is 9.59 Å². The zero-order valence-corrected chi connectivity index (χ0v) is 11.2. The lowest BCUT2D eigenvalue weighted by molar-refractivity contribution is -0.139. The Kier molecular flexibility index (Phi) is 3.34. The Morgan fingerprint density at radius 1 is 1.35 bits per heavy atom. The van der Waals surface area contributed by atoms with Gasteiger partial charge in [0.2, 0.25) is 5.91 Å². The highest BCUT2D eigenvalue weighted by Gasteiger charge is 2.31. The molecular weight excluding hydrogens is 258 g/mol. The van der Waals surface area contributed by atoms with Crippen molar-refractivity contribution in [1.29, 1.82) is 0 Å². The van der Waals surface area contributed by atoms with Crippen LogP contribution in [-0.4, -0.2) is 30.1 Å². The summed E-state index contributed by atoms with van der Waals surface area (Å²) in [5.41, 5.74) is 2.02. The zero-order chi connectivity index (χ0) is 14.1. The summed E-state index contributed by atoms with van der Waals surface area (Å²) >= 11 is 0. The fourth-order valence-electron chi connectivity index (χ4n) is 2.53. The Hall–Kier alpha value is -2.04. The number of fused-ring (bicyclic) bond motifs is 1. The average Bonchev–Trinajstić information content (AvgIpc) is 3.23. The molecule has 1 N–H and O–H groups in total. The summed E-state index contributed by atoms with van der Waals surface area (Å²) in [4.78, 5) is 24.4. The molecule has 0 unspecified atom stereocenters. The maximum atomic E-state index is 12.0. The van der Waals surface area contributed by atoms with Crippen molar-refractivity contribution in [1.82, 2.24) is 0 Å². The van der Waals surface area contributed by atoms with E-state index in [1.54, 1.807) is 6.07 Å². The number of aliphatic carboxylic acids is 1. The van der Waals surface area contributed by atoms with Gasteiger partial charge in [-0.05, 0) is 48.9 Å². The molecule has 0 aromatic heterocycles. The van der Waals surface area contributed by atoms with Crippen molar-refractivity contribution < 1.29 is 19.4 Å². The first kappa shape index (κ1) is 13.0. The molecule has 5 nitrogen and oxygen atoms in total. The van der Waals surface area contributed by atoms with E-state index >= 15 is 0 Å². The first-order valence-corrected chi connectivity index (χ1v) is 6.91. The third-order valence-corrected chi connectivity index (χ3v) is 3.75. The Bertz CT molecular complexity index is 551. The van der Waals surface area contributed by atoms with Gasteiger partial charge in [-0.25, -0.2) is 4.79 Å². The number of ether oxygens (including phenoxy) is 1. The second kappa shape index (κ2) is 5.15. The van der Waals surface area contributed by atoms with Crippen molar-refractivity contribution >= 4 is 17.6 Å². The standard InChI is InChI=1S/C15H17NO4/c17-14-6-3-11-7-12(20-9-15(18)19)4-5-13(11)16(14)8-10-1-2-10/h4-5,7,10H,1-3,6,8-9H2,(H,18,19). The van der Waals surface area contributed by atoms with Gasteiger partial charge in [-0.1, -0.05) is 0 Å². The van der Waals surface area contributed by atoms with E-state index < -0.39 is 5.97 Å². The SMILES string of the molecule is O=C(O)COc1ccc2c(c1)CCC(=O)N2CC1CC1. The molecule has 1 aliphatic heterocycles. The van der Waals surface area contributed by atoms with E-state index in [0.717, 1.165) is 17.8 Å². The van der Waals surface area contributed by atoms with Crippen molar-refractivity contribution in [3.63, 3.8) is 0 Å². The maximum absolute atomic E-state index is 12.0. The predicted octanol–water partition coefficient (Wildman–Crippen LogP) is 1.84. The maximum Gasteiger partial charge on any atom is 0.341 e. The molecule has 0 spiro atoms. The van der Waals surface area contributed by atoms with Crippen LogP contribution in [0.3, 0.4) is 0 Å². The van der Waals surface area contributed by atoms with E-state index in [4.69, 9.17) is 9.84 Å². The van der Waals surface area contributed by atoms with E-state index in [1.165, 1.54) is 12.8 Å². The first-order valence-electron chi connectivity index (χ1n) is 6.91. The number of nitrogens with zero attached hydrogens (tertiary/aromatic N) is 1. The number of carboxylic acid groups (broad SMARTS) is 1. The number of carbonyl (C=O) groups is 2. The number of anilines is 1. The first-order chi connectivity index (χ1) is 9.63. The number of rotatable bonds is 5. The van der Waals surface area contributed by atoms with Crippen LogP contribution in [0.2, 0.25) is 0 Å². The Labute approximate surface area is 117 Å². The van der Waals surface area contributed by atoms with Gasteiger partial charge in [0.1, 0.15) is 5.75 Å². The normalized spacial score (nSPS) is 17.8. The van der Waals surface area contributed by atoms with Gasteiger partial charge in [-0.2, -0.15) is 0 Å². The summed E-state index contributed by atoms with van der Waals surface area (Å²) in [5.74, 6) is 0.386. The molecule has 2 aliphatic rings. The molecule has 0 radical (unpaired) electrons. The lowest BCUT2D eigenvalue weighted by Crippen LogP contribution is -2.36. The van der Waals surface area contributed by atoms with E-state index in [0.29, 0.717) is 24.5 Å². The molecular formula is C15H17NO4. The van der Waals surface area contributed by atoms with Gasteiger partial charge in [0.25, 0.3) is 0 Å². The van der Waals surface area contributed by atoms with Crippen LogP contribution >= 0.6 is 0 Å². The van der Waals surface area contributed by atoms with Crippen LogP contribution < -0.4 is 9.64 Å². The molecule has 5 heteroatoms. The molecule has 1 saturated carbocycles. The predicted molar refractivity (Wildman–Crippen MR) is 73.0 cm³/mol. The lowest BCUT2D eigenvalue weighted by Gasteiger charge is -2.29. The molecule has 3 rings (SSSR count). The van der Waals surface area contributed by atoms with Crippen LogP contribution in [0.25, 0.3) is 0 Å². The summed E-state index contributed by atoms with van der Waals surface area (Å²) in [7, 11) is 0. The second-order valence-corrected chi connectivity index (χ2v) is 5.42. The Morgan fingerprint density at radius 3 is 2.85 bits per heavy atom. The number of carboxylic acids is 1. The van der Waals surface area contributed by atoms with Crippen LogP contribution in [0.5, 0.6) is 5.75 Å². The van der Waals surface area contributed by atoms with E-state index in [-0.39, 0.29) is 12.5 Å². The average molecular weight is 275 g/mol. The van der Waals surface area contributed by atoms with Gasteiger partial charge in [-0.15, -0.1) is 0 Å². The van der Waals surface area contributed by atoms with E-state index in [1.807, 2.05) is 17.0 Å². The molecule has 1 amide bonds. The van der Waals surface area contributed by atoms with Crippen molar-refractivity contribution in [3.8, 4) is 5.75 Å². The molecule has 106 valence electrons. The number of aryl methyl sites for hydroxylation is 1. The second-order valence-electron chi connectivity index (χ2n) is 5.42. The topological polar surface area (TPSA) is 66.8 Å². The highest BCUT2D eigenvalue weighted by atomic mass is 16.5. The van der Waals surface area contributed by atoms with Gasteiger partial charge in [0, 0.05) is 18.7 Å². The number of hydrogen-bond acceptors (Lipinski definition) is 3. The van der Waals surface area contributed by atoms with Crippen molar-refractivity contribution in [2.24, 2.45) is 5.92 Å². The van der Waals surface area contributed by atoms with Gasteiger partial charge < -0.3 is 14.7 Å². The number of carbonyl (C=O) groups excluding carboxylic acids is 1. The minimum atomic E-state index is -0.992. The molecule has 20 heavy (non-hydrogen) atoms. The van der Waals surface area contributed by atoms with Crippen LogP contribution in [-0.2, 0) is 16.0 Å². The minimum Gasteiger partial charge on any atom is -0.482 e. The Morgan fingerprint density at radius 2 is 2.15 bits per heavy atom. The van der Waals surface area contributed by atoms with Gasteiger partial charge >= 0.3 is 5.97 Å². The summed E-state index contributed by atoms with van der Waals surface area (Å²) in [6, 6.07) is 5.46. The zero-order valence-electron chi connectivity index (χ0n) is 11.2. The van der Waals surface area contributed by atoms with Crippen LogP contribution in [0.4, 0.5) is 5.69 Å². The number of amides is 1. The van der Waals surface area contributed by atoms with Crippen molar-refractivity contribution in [2.45, 2.75) is 25.7 Å². The summed E-state index contributed by atoms with van der Waals surface area (Å²) < 4.78 is 5.19. The quantitative estimate of drug-likeness (QED) is 0.890. The summed E-state index contributed by atoms with van der Waals surface area (Å²) in [6.07, 6.45) is 3.62. The molecule has 1 heterocycles. The molecule has 0 bridgehead atoms. The molecule has 1 fully saturated rings. The van der Waals surface area contributed by atoms with Crippen molar-refractivity contribution in [2.75, 3.05) is 18.1 Å². The van der Waals surface area contributed by atoms with Crippen LogP contribution in [0.15, 0.2) is 18.2 Å². The largest absolute Gasteiger partial charge is 0.482 e. The molecule has 1 aliphatic carbocycles. The molecule has 0 saturated heterocycles. The van der Waals surface area contributed by atoms with Crippen LogP contribution in [0.1, 0.15) is 24.8 Å². The van der Waals surface area contributed by atoms with Crippen molar-refractivity contribution in [3.05, 3.63) is 23.8 Å². The smallest absolute Gasteiger partial charge is 0.341 e. The Balaban J connectivity index is 1.79. The fourth-order valence-corrected chi connectivity index (χ4v) is 2.53. The van der Waals surface area contributed by atoms with Gasteiger partial charge in [-0.3, -0.25) is 4.79 Å². The molecule has 1 aromatic carbocycles. The fraction of sp³-hybridized carbons (Fsp3) is 0.467. The minimum absolute atomic E-state index is 0.184. The van der Waals surface area contributed by atoms with Gasteiger partial charge in [0.15, 0.2) is 6.61 Å². The third-order valence-electron chi connectivity index (χ3n) is 3.75. The molecule has 0 atom stereocenters. The monoisotopic (exact) mass is 275 g/mol. The van der Waals surface area contributed by atoms with E-state index in [2.05, 4.69) is 0 Å². The molecule has 1 aromatic rings. The third kappa shape index (κ3) is 2.76. The van der Waals surface area contributed by atoms with Crippen LogP contribution in [0, 0.1) is 5.92 Å².